The third-order valence-electron chi connectivity index (χ3n) is 6.04. The van der Waals surface area contributed by atoms with Crippen LogP contribution in [0.1, 0.15) is 17.5 Å². The number of carbonyl (C=O) groups is 2. The van der Waals surface area contributed by atoms with Crippen LogP contribution in [-0.2, 0) is 25.2 Å². The van der Waals surface area contributed by atoms with Gasteiger partial charge in [-0.3, -0.25) is 9.59 Å². The van der Waals surface area contributed by atoms with Crippen molar-refractivity contribution in [3.05, 3.63) is 83.9 Å². The van der Waals surface area contributed by atoms with Gasteiger partial charge >= 0.3 is 11.9 Å². The van der Waals surface area contributed by atoms with Crippen LogP contribution in [0.2, 0.25) is 0 Å². The zero-order chi connectivity index (χ0) is 16.4. The zero-order valence-electron chi connectivity index (χ0n) is 13.0. The molecule has 1 heterocycles. The van der Waals surface area contributed by atoms with Gasteiger partial charge in [-0.2, -0.15) is 0 Å². The normalized spacial score (nSPS) is 36.0. The molecule has 2 aliphatic carbocycles. The van der Waals surface area contributed by atoms with Crippen LogP contribution in [0, 0.1) is 11.8 Å². The van der Waals surface area contributed by atoms with Gasteiger partial charge < -0.3 is 4.74 Å². The lowest BCUT2D eigenvalue weighted by molar-refractivity contribution is -0.155. The summed E-state index contributed by atoms with van der Waals surface area (Å²) in [4.78, 5) is 25.1. The average molecular weight is 316 g/mol. The minimum atomic E-state index is -0.453. The van der Waals surface area contributed by atoms with Crippen molar-refractivity contribution in [2.45, 2.75) is 17.3 Å². The van der Waals surface area contributed by atoms with Crippen molar-refractivity contribution in [2.24, 2.45) is 11.8 Å². The average Bonchev–Trinajstić information content (AvgIpc) is 3.27. The molecule has 1 aliphatic heterocycles. The molecule has 2 fully saturated rings. The van der Waals surface area contributed by atoms with E-state index in [2.05, 4.69) is 12.2 Å². The number of cyclic esters (lactones) is 2. The lowest BCUT2D eigenvalue weighted by Crippen LogP contribution is -2.37. The van der Waals surface area contributed by atoms with Crippen LogP contribution in [0.25, 0.3) is 0 Å². The molecule has 0 spiro atoms. The van der Waals surface area contributed by atoms with E-state index in [0.29, 0.717) is 0 Å². The maximum absolute atomic E-state index is 12.5. The highest BCUT2D eigenvalue weighted by molar-refractivity contribution is 6.00. The molecule has 0 N–H and O–H groups in total. The number of fused-ring (bicyclic) bond motifs is 5. The Labute approximate surface area is 140 Å². The first-order valence-corrected chi connectivity index (χ1v) is 8.24. The maximum atomic E-state index is 12.5. The van der Waals surface area contributed by atoms with Crippen LogP contribution in [0.3, 0.4) is 0 Å². The first-order valence-electron chi connectivity index (χ1n) is 8.24. The predicted octanol–water partition coefficient (Wildman–Crippen LogP) is 3.15. The molecule has 2 aromatic carbocycles. The van der Waals surface area contributed by atoms with Crippen LogP contribution in [-0.4, -0.2) is 11.9 Å². The fourth-order valence-corrected chi connectivity index (χ4v) is 5.09. The second-order valence-corrected chi connectivity index (χ2v) is 7.02. The lowest BCUT2D eigenvalue weighted by Gasteiger charge is -2.30. The third kappa shape index (κ3) is 1.47. The van der Waals surface area contributed by atoms with E-state index in [1.807, 2.05) is 60.7 Å². The highest BCUT2D eigenvalue weighted by Crippen LogP contribution is 2.66. The summed E-state index contributed by atoms with van der Waals surface area (Å²) < 4.78 is 5.08. The summed E-state index contributed by atoms with van der Waals surface area (Å²) in [6.07, 6.45) is 5.01. The Hall–Kier alpha value is -2.68. The topological polar surface area (TPSA) is 43.4 Å². The van der Waals surface area contributed by atoms with Gasteiger partial charge in [-0.15, -0.1) is 0 Å². The second-order valence-electron chi connectivity index (χ2n) is 7.02. The van der Waals surface area contributed by atoms with E-state index in [9.17, 15) is 9.59 Å². The molecule has 24 heavy (non-hydrogen) atoms. The van der Waals surface area contributed by atoms with Gasteiger partial charge in [0.1, 0.15) is 0 Å². The van der Waals surface area contributed by atoms with E-state index in [1.165, 1.54) is 0 Å². The summed E-state index contributed by atoms with van der Waals surface area (Å²) in [5.41, 5.74) is 1.26. The molecular weight excluding hydrogens is 300 g/mol. The van der Waals surface area contributed by atoms with Crippen LogP contribution in [0.4, 0.5) is 0 Å². The molecule has 0 aromatic heterocycles. The number of hydrogen-bond donors (Lipinski definition) is 0. The Balaban J connectivity index is 1.75. The molecule has 2 aromatic rings. The van der Waals surface area contributed by atoms with Crippen molar-refractivity contribution in [2.75, 3.05) is 0 Å². The number of ether oxygens (including phenoxy) is 1. The van der Waals surface area contributed by atoms with Crippen molar-refractivity contribution >= 4 is 11.9 Å². The summed E-state index contributed by atoms with van der Waals surface area (Å²) in [6, 6.07) is 20.0. The van der Waals surface area contributed by atoms with E-state index in [0.717, 1.165) is 17.5 Å². The molecule has 4 atom stereocenters. The van der Waals surface area contributed by atoms with Crippen LogP contribution < -0.4 is 0 Å². The summed E-state index contributed by atoms with van der Waals surface area (Å²) in [5, 5.41) is 0. The molecule has 3 nitrogen and oxygen atoms in total. The van der Waals surface area contributed by atoms with Gasteiger partial charge in [0.15, 0.2) is 0 Å². The van der Waals surface area contributed by atoms with Crippen molar-refractivity contribution in [3.63, 3.8) is 0 Å². The molecule has 118 valence electrons. The number of benzene rings is 2. The second kappa shape index (κ2) is 4.44. The fraction of sp³-hybridized carbons (Fsp3) is 0.238. The molecule has 2 bridgehead atoms. The van der Waals surface area contributed by atoms with Crippen molar-refractivity contribution < 1.29 is 14.3 Å². The maximum Gasteiger partial charge on any atom is 0.318 e. The summed E-state index contributed by atoms with van der Waals surface area (Å²) >= 11 is 0. The van der Waals surface area contributed by atoms with Gasteiger partial charge in [0, 0.05) is 10.8 Å². The van der Waals surface area contributed by atoms with E-state index >= 15 is 0 Å². The van der Waals surface area contributed by atoms with Crippen LogP contribution >= 0.6 is 0 Å². The van der Waals surface area contributed by atoms with Crippen molar-refractivity contribution in [1.29, 1.82) is 0 Å². The highest BCUT2D eigenvalue weighted by Gasteiger charge is 2.72. The first kappa shape index (κ1) is 13.7. The van der Waals surface area contributed by atoms with Crippen molar-refractivity contribution in [3.8, 4) is 0 Å². The van der Waals surface area contributed by atoms with Gasteiger partial charge in [-0.1, -0.05) is 72.8 Å². The Morgan fingerprint density at radius 1 is 0.708 bits per heavy atom. The van der Waals surface area contributed by atoms with Gasteiger partial charge in [0.05, 0.1) is 11.8 Å². The van der Waals surface area contributed by atoms with E-state index in [4.69, 9.17) is 4.74 Å². The molecule has 0 unspecified atom stereocenters. The number of rotatable bonds is 2. The molecule has 0 amide bonds. The van der Waals surface area contributed by atoms with E-state index < -0.39 is 22.7 Å². The Morgan fingerprint density at radius 2 is 1.12 bits per heavy atom. The SMILES string of the molecule is O=C1OC(=O)[C@H]2[C@H]1[C@@]1(c3ccccc3)C=C[C@]2(c2ccccc2)C1. The Kier molecular flexibility index (Phi) is 2.54. The summed E-state index contributed by atoms with van der Waals surface area (Å²) in [6.45, 7) is 0. The van der Waals surface area contributed by atoms with Crippen LogP contribution in [0.15, 0.2) is 72.8 Å². The molecule has 3 heteroatoms. The smallest absolute Gasteiger partial charge is 0.318 e. The summed E-state index contributed by atoms with van der Waals surface area (Å²) in [5.74, 6) is -1.62. The number of allylic oxidation sites excluding steroid dienone is 2. The largest absolute Gasteiger partial charge is 0.393 e. The van der Waals surface area contributed by atoms with Crippen LogP contribution in [0.5, 0.6) is 0 Å². The first-order chi connectivity index (χ1) is 11.7. The van der Waals surface area contributed by atoms with Gasteiger partial charge in [0.2, 0.25) is 0 Å². The minimum absolute atomic E-state index is 0.379. The van der Waals surface area contributed by atoms with E-state index in [1.54, 1.807) is 0 Å². The highest BCUT2D eigenvalue weighted by atomic mass is 16.6. The monoisotopic (exact) mass is 316 g/mol. The van der Waals surface area contributed by atoms with E-state index in [-0.39, 0.29) is 11.9 Å². The third-order valence-corrected chi connectivity index (χ3v) is 6.04. The van der Waals surface area contributed by atoms with Crippen molar-refractivity contribution in [1.82, 2.24) is 0 Å². The molecule has 1 saturated carbocycles. The Bertz CT molecular complexity index is 799. The molecule has 3 aliphatic rings. The number of hydrogen-bond acceptors (Lipinski definition) is 3. The van der Waals surface area contributed by atoms with Gasteiger partial charge in [-0.25, -0.2) is 0 Å². The number of carbonyl (C=O) groups excluding carboxylic acids is 2. The van der Waals surface area contributed by atoms with Gasteiger partial charge in [0.25, 0.3) is 0 Å². The minimum Gasteiger partial charge on any atom is -0.393 e. The van der Waals surface area contributed by atoms with Gasteiger partial charge in [-0.05, 0) is 17.5 Å². The quantitative estimate of drug-likeness (QED) is 0.486. The lowest BCUT2D eigenvalue weighted by atomic mass is 9.68. The fourth-order valence-electron chi connectivity index (χ4n) is 5.09. The summed E-state index contributed by atoms with van der Waals surface area (Å²) in [7, 11) is 0. The standard InChI is InChI=1S/C21H16O3/c22-18-16-17(19(23)24-18)21(15-9-5-2-6-10-15)12-11-20(16,13-21)14-7-3-1-4-8-14/h1-12,16-17H,13H2/t16-,17-,20-,21+/m1/s1. The predicted molar refractivity (Wildman–Crippen MR) is 88.1 cm³/mol. The number of esters is 2. The molecule has 0 radical (unpaired) electrons. The molecule has 1 saturated heterocycles. The molecule has 5 rings (SSSR count). The zero-order valence-corrected chi connectivity index (χ0v) is 13.0. The Morgan fingerprint density at radius 3 is 1.54 bits per heavy atom. The molecular formula is C21H16O3.